The first-order valence-corrected chi connectivity index (χ1v) is 5.30. The van der Waals surface area contributed by atoms with E-state index >= 15 is 0 Å². The average molecular weight is 238 g/mol. The van der Waals surface area contributed by atoms with Gasteiger partial charge in [0.15, 0.2) is 5.43 Å². The van der Waals surface area contributed by atoms with Gasteiger partial charge in [-0.3, -0.25) is 4.79 Å². The van der Waals surface area contributed by atoms with Gasteiger partial charge in [0.25, 0.3) is 0 Å². The number of hydrogen-bond acceptors (Lipinski definition) is 2. The number of pyridine rings is 1. The first kappa shape index (κ1) is 11.2. The van der Waals surface area contributed by atoms with Crippen molar-refractivity contribution in [3.63, 3.8) is 0 Å². The molecule has 0 aliphatic carbocycles. The quantitative estimate of drug-likeness (QED) is 0.873. The molecule has 0 spiro atoms. The molecular formula is C12H12ClNO2. The van der Waals surface area contributed by atoms with Crippen LogP contribution in [-0.2, 0) is 11.3 Å². The van der Waals surface area contributed by atoms with Gasteiger partial charge in [-0.15, -0.1) is 0 Å². The largest absolute Gasteiger partial charge is 0.378 e. The Kier molecular flexibility index (Phi) is 2.99. The van der Waals surface area contributed by atoms with Gasteiger partial charge in [0.1, 0.15) is 0 Å². The molecule has 0 fully saturated rings. The van der Waals surface area contributed by atoms with Crippen molar-refractivity contribution in [1.82, 2.24) is 4.98 Å². The maximum Gasteiger partial charge on any atom is 0.189 e. The van der Waals surface area contributed by atoms with Crippen LogP contribution in [0.25, 0.3) is 10.9 Å². The molecule has 1 heterocycles. The van der Waals surface area contributed by atoms with E-state index in [0.29, 0.717) is 17.0 Å². The molecule has 0 aliphatic heterocycles. The summed E-state index contributed by atoms with van der Waals surface area (Å²) in [6.45, 7) is 2.31. The van der Waals surface area contributed by atoms with Crippen LogP contribution in [0.15, 0.2) is 23.0 Å². The van der Waals surface area contributed by atoms with E-state index in [4.69, 9.17) is 16.3 Å². The van der Waals surface area contributed by atoms with Crippen LogP contribution in [-0.4, -0.2) is 12.1 Å². The predicted molar refractivity (Wildman–Crippen MR) is 65.0 cm³/mol. The molecule has 2 rings (SSSR count). The van der Waals surface area contributed by atoms with Gasteiger partial charge in [0, 0.05) is 29.3 Å². The number of rotatable bonds is 2. The number of halogens is 1. The van der Waals surface area contributed by atoms with Crippen molar-refractivity contribution < 1.29 is 4.74 Å². The summed E-state index contributed by atoms with van der Waals surface area (Å²) in [5.74, 6) is 0. The minimum atomic E-state index is -0.0357. The van der Waals surface area contributed by atoms with Gasteiger partial charge in [-0.2, -0.15) is 0 Å². The molecule has 0 aliphatic rings. The molecular weight excluding hydrogens is 226 g/mol. The zero-order valence-electron chi connectivity index (χ0n) is 9.13. The van der Waals surface area contributed by atoms with Crippen LogP contribution in [0.5, 0.6) is 0 Å². The third kappa shape index (κ3) is 1.96. The zero-order valence-corrected chi connectivity index (χ0v) is 9.89. The summed E-state index contributed by atoms with van der Waals surface area (Å²) in [6, 6.07) is 5.05. The summed E-state index contributed by atoms with van der Waals surface area (Å²) in [6.07, 6.45) is 0. The average Bonchev–Trinajstić information content (AvgIpc) is 2.20. The highest BCUT2D eigenvalue weighted by Gasteiger charge is 2.05. The Morgan fingerprint density at radius 1 is 1.38 bits per heavy atom. The van der Waals surface area contributed by atoms with Crippen molar-refractivity contribution in [1.29, 1.82) is 0 Å². The van der Waals surface area contributed by atoms with E-state index in [9.17, 15) is 4.79 Å². The Balaban J connectivity index is 2.77. The number of aromatic amines is 1. The molecule has 0 bridgehead atoms. The molecule has 0 saturated carbocycles. The Morgan fingerprint density at radius 3 is 2.81 bits per heavy atom. The van der Waals surface area contributed by atoms with Crippen molar-refractivity contribution in [3.8, 4) is 0 Å². The van der Waals surface area contributed by atoms with Gasteiger partial charge in [0.05, 0.1) is 12.1 Å². The van der Waals surface area contributed by atoms with Crippen LogP contribution in [0.3, 0.4) is 0 Å². The maximum absolute atomic E-state index is 11.8. The number of aromatic nitrogens is 1. The second-order valence-electron chi connectivity index (χ2n) is 3.74. The summed E-state index contributed by atoms with van der Waals surface area (Å²) >= 11 is 5.92. The summed E-state index contributed by atoms with van der Waals surface area (Å²) in [4.78, 5) is 15.0. The molecule has 4 heteroatoms. The summed E-state index contributed by atoms with van der Waals surface area (Å²) in [7, 11) is 1.59. The van der Waals surface area contributed by atoms with Crippen LogP contribution in [0.2, 0.25) is 5.02 Å². The lowest BCUT2D eigenvalue weighted by molar-refractivity contribution is 0.181. The molecule has 1 aromatic carbocycles. The number of benzene rings is 1. The lowest BCUT2D eigenvalue weighted by atomic mass is 10.1. The monoisotopic (exact) mass is 237 g/mol. The first-order chi connectivity index (χ1) is 7.61. The number of H-pyrrole nitrogens is 1. The van der Waals surface area contributed by atoms with Gasteiger partial charge in [-0.25, -0.2) is 0 Å². The highest BCUT2D eigenvalue weighted by atomic mass is 35.5. The van der Waals surface area contributed by atoms with E-state index in [1.807, 2.05) is 13.0 Å². The highest BCUT2D eigenvalue weighted by Crippen LogP contribution is 2.19. The van der Waals surface area contributed by atoms with E-state index in [1.165, 1.54) is 0 Å². The van der Waals surface area contributed by atoms with Crippen LogP contribution < -0.4 is 5.43 Å². The molecule has 2 aromatic rings. The van der Waals surface area contributed by atoms with Gasteiger partial charge in [-0.1, -0.05) is 11.6 Å². The number of nitrogens with one attached hydrogen (secondary N) is 1. The van der Waals surface area contributed by atoms with E-state index in [2.05, 4.69) is 4.98 Å². The highest BCUT2D eigenvalue weighted by molar-refractivity contribution is 6.31. The smallest absolute Gasteiger partial charge is 0.189 e. The topological polar surface area (TPSA) is 42.1 Å². The molecule has 0 saturated heterocycles. The van der Waals surface area contributed by atoms with Gasteiger partial charge in [0.2, 0.25) is 0 Å². The van der Waals surface area contributed by atoms with Crippen LogP contribution in [0.1, 0.15) is 11.3 Å². The maximum atomic E-state index is 11.8. The Morgan fingerprint density at radius 2 is 2.12 bits per heavy atom. The van der Waals surface area contributed by atoms with Crippen LogP contribution in [0, 0.1) is 6.92 Å². The zero-order chi connectivity index (χ0) is 11.7. The Bertz CT molecular complexity index is 589. The minimum Gasteiger partial charge on any atom is -0.378 e. The second kappa shape index (κ2) is 4.28. The van der Waals surface area contributed by atoms with Gasteiger partial charge in [-0.05, 0) is 24.6 Å². The lowest BCUT2D eigenvalue weighted by Crippen LogP contribution is -2.06. The van der Waals surface area contributed by atoms with Crippen molar-refractivity contribution in [2.45, 2.75) is 13.5 Å². The number of fused-ring (bicyclic) bond motifs is 1. The standard InChI is InChI=1S/C12H12ClNO2/c1-7-3-8(13)4-10-11(15)5-9(6-16-2)14-12(7)10/h3-5H,6H2,1-2H3,(H,14,15). The summed E-state index contributed by atoms with van der Waals surface area (Å²) in [5.41, 5.74) is 2.51. The normalized spacial score (nSPS) is 10.9. The molecule has 0 atom stereocenters. The summed E-state index contributed by atoms with van der Waals surface area (Å²) < 4.78 is 5.00. The second-order valence-corrected chi connectivity index (χ2v) is 4.17. The Labute approximate surface area is 98.0 Å². The summed E-state index contributed by atoms with van der Waals surface area (Å²) in [5, 5.41) is 1.19. The van der Waals surface area contributed by atoms with Crippen LogP contribution >= 0.6 is 11.6 Å². The number of aryl methyl sites for hydroxylation is 1. The minimum absolute atomic E-state index is 0.0357. The molecule has 1 aromatic heterocycles. The molecule has 1 N–H and O–H groups in total. The molecule has 84 valence electrons. The van der Waals surface area contributed by atoms with Gasteiger partial charge < -0.3 is 9.72 Å². The van der Waals surface area contributed by atoms with Crippen molar-refractivity contribution in [3.05, 3.63) is 44.7 Å². The van der Waals surface area contributed by atoms with E-state index < -0.39 is 0 Å². The fourth-order valence-electron chi connectivity index (χ4n) is 1.77. The third-order valence-electron chi connectivity index (χ3n) is 2.46. The lowest BCUT2D eigenvalue weighted by Gasteiger charge is -2.06. The van der Waals surface area contributed by atoms with E-state index in [0.717, 1.165) is 16.8 Å². The number of methoxy groups -OCH3 is 1. The first-order valence-electron chi connectivity index (χ1n) is 4.93. The van der Waals surface area contributed by atoms with Crippen molar-refractivity contribution >= 4 is 22.5 Å². The fourth-order valence-corrected chi connectivity index (χ4v) is 2.04. The fraction of sp³-hybridized carbons (Fsp3) is 0.250. The predicted octanol–water partition coefficient (Wildman–Crippen LogP) is 2.64. The molecule has 0 amide bonds. The Hall–Kier alpha value is -1.32. The van der Waals surface area contributed by atoms with Crippen molar-refractivity contribution in [2.75, 3.05) is 7.11 Å². The third-order valence-corrected chi connectivity index (χ3v) is 2.67. The SMILES string of the molecule is COCc1cc(=O)c2cc(Cl)cc(C)c2[nH]1. The molecule has 0 unspecified atom stereocenters. The molecule has 3 nitrogen and oxygen atoms in total. The van der Waals surface area contributed by atoms with Crippen LogP contribution in [0.4, 0.5) is 0 Å². The van der Waals surface area contributed by atoms with Crippen molar-refractivity contribution in [2.24, 2.45) is 0 Å². The number of ether oxygens (including phenoxy) is 1. The van der Waals surface area contributed by atoms with E-state index in [-0.39, 0.29) is 5.43 Å². The molecule has 16 heavy (non-hydrogen) atoms. The van der Waals surface area contributed by atoms with E-state index in [1.54, 1.807) is 19.2 Å². The molecule has 0 radical (unpaired) electrons. The van der Waals surface area contributed by atoms with Gasteiger partial charge >= 0.3 is 0 Å². The number of hydrogen-bond donors (Lipinski definition) is 1.